The van der Waals surface area contributed by atoms with Gasteiger partial charge in [0.15, 0.2) is 0 Å². The van der Waals surface area contributed by atoms with Crippen LogP contribution in [0.3, 0.4) is 0 Å². The molecule has 0 aromatic heterocycles. The van der Waals surface area contributed by atoms with Gasteiger partial charge in [-0.3, -0.25) is 4.90 Å². The highest BCUT2D eigenvalue weighted by Crippen LogP contribution is 2.49. The number of methoxy groups -OCH3 is 1. The molecule has 2 atom stereocenters. The molecular formula is C29H47ClN7O2P. The molecule has 2 aliphatic heterocycles. The minimum absolute atomic E-state index is 0.150. The Labute approximate surface area is 245 Å². The zero-order valence-electron chi connectivity index (χ0n) is 24.6. The fourth-order valence-electron chi connectivity index (χ4n) is 6.22. The predicted octanol–water partition coefficient (Wildman–Crippen LogP) is 4.94. The quantitative estimate of drug-likeness (QED) is 0.252. The Bertz CT molecular complexity index is 1090. The summed E-state index contributed by atoms with van der Waals surface area (Å²) in [6.07, 6.45) is 9.76. The van der Waals surface area contributed by atoms with E-state index in [1.807, 2.05) is 19.4 Å². The molecule has 222 valence electrons. The van der Waals surface area contributed by atoms with Gasteiger partial charge in [-0.15, -0.1) is 0 Å². The first kappa shape index (κ1) is 30.9. The summed E-state index contributed by atoms with van der Waals surface area (Å²) in [6, 6.07) is 7.06. The fraction of sp³-hybridized carbons (Fsp3) is 0.655. The third kappa shape index (κ3) is 8.48. The van der Waals surface area contributed by atoms with Gasteiger partial charge < -0.3 is 29.7 Å². The molecular weight excluding hydrogens is 545 g/mol. The summed E-state index contributed by atoms with van der Waals surface area (Å²) in [6.45, 7) is 10.5. The number of aliphatic imine (C=N–C) groups is 2. The van der Waals surface area contributed by atoms with E-state index in [1.54, 1.807) is 13.4 Å². The standard InChI is InChI=1S/C29H47ClN7O2P/c1-35-17-19-37(20-18-35)23-11-15-36(16-12-23)24-9-10-25(27(21-24)39-2)34-29(31-14-13-30)33-22-32-26-7-5-6-8-28(26)40(3,4)38/h9-10,13-14,21-23,26,28H,5-8,11-12,15-20H2,1-4H3,(H2,31,32,33,34)/b14-13+/t26-,28?/m0/s1. The smallest absolute Gasteiger partial charge is 0.228 e. The highest BCUT2D eigenvalue weighted by molar-refractivity contribution is 7.63. The average Bonchev–Trinajstić information content (AvgIpc) is 2.96. The lowest BCUT2D eigenvalue weighted by Crippen LogP contribution is -2.52. The van der Waals surface area contributed by atoms with Crippen molar-refractivity contribution in [2.75, 3.05) is 77.0 Å². The Morgan fingerprint density at radius 3 is 2.48 bits per heavy atom. The Balaban J connectivity index is 1.38. The molecule has 1 aromatic carbocycles. The number of anilines is 2. The lowest BCUT2D eigenvalue weighted by molar-refractivity contribution is 0.0982. The van der Waals surface area contributed by atoms with Crippen molar-refractivity contribution in [3.63, 3.8) is 0 Å². The Morgan fingerprint density at radius 2 is 1.80 bits per heavy atom. The largest absolute Gasteiger partial charge is 0.494 e. The van der Waals surface area contributed by atoms with Crippen molar-refractivity contribution in [1.82, 2.24) is 15.1 Å². The van der Waals surface area contributed by atoms with Crippen LogP contribution in [-0.2, 0) is 4.57 Å². The summed E-state index contributed by atoms with van der Waals surface area (Å²) in [5.41, 5.74) is 3.45. The Hall–Kier alpha value is -2.06. The van der Waals surface area contributed by atoms with Crippen molar-refractivity contribution in [2.24, 2.45) is 9.98 Å². The van der Waals surface area contributed by atoms with Gasteiger partial charge in [0.25, 0.3) is 0 Å². The molecule has 4 rings (SSSR count). The first-order valence-electron chi connectivity index (χ1n) is 14.6. The molecule has 11 heteroatoms. The predicted molar refractivity (Wildman–Crippen MR) is 170 cm³/mol. The van der Waals surface area contributed by atoms with E-state index in [1.165, 1.54) is 50.8 Å². The average molecular weight is 592 g/mol. The summed E-state index contributed by atoms with van der Waals surface area (Å²) in [5.74, 6) is 1.11. The van der Waals surface area contributed by atoms with Gasteiger partial charge in [0, 0.05) is 80.5 Å². The van der Waals surface area contributed by atoms with Crippen molar-refractivity contribution in [1.29, 1.82) is 0 Å². The highest BCUT2D eigenvalue weighted by Gasteiger charge is 2.33. The van der Waals surface area contributed by atoms with Gasteiger partial charge in [-0.25, -0.2) is 9.98 Å². The van der Waals surface area contributed by atoms with Crippen LogP contribution in [0.5, 0.6) is 5.75 Å². The summed E-state index contributed by atoms with van der Waals surface area (Å²) in [7, 11) is 1.70. The molecule has 0 bridgehead atoms. The highest BCUT2D eigenvalue weighted by atomic mass is 35.5. The number of rotatable bonds is 8. The number of piperidine rings is 1. The van der Waals surface area contributed by atoms with Gasteiger partial charge in [0.2, 0.25) is 5.96 Å². The van der Waals surface area contributed by atoms with Crippen molar-refractivity contribution in [2.45, 2.75) is 56.3 Å². The molecule has 2 heterocycles. The number of ether oxygens (including phenoxy) is 1. The maximum atomic E-state index is 12.8. The van der Waals surface area contributed by atoms with E-state index >= 15 is 0 Å². The van der Waals surface area contributed by atoms with Crippen molar-refractivity contribution in [3.05, 3.63) is 29.9 Å². The minimum atomic E-state index is -2.20. The molecule has 0 radical (unpaired) electrons. The third-order valence-corrected chi connectivity index (χ3v) is 10.9. The molecule has 2 N–H and O–H groups in total. The van der Waals surface area contributed by atoms with Crippen LogP contribution in [0.1, 0.15) is 38.5 Å². The van der Waals surface area contributed by atoms with Gasteiger partial charge in [-0.2, -0.15) is 0 Å². The first-order chi connectivity index (χ1) is 19.3. The zero-order valence-corrected chi connectivity index (χ0v) is 26.2. The number of benzene rings is 1. The van der Waals surface area contributed by atoms with Crippen LogP contribution in [0.15, 0.2) is 39.9 Å². The van der Waals surface area contributed by atoms with Gasteiger partial charge >= 0.3 is 0 Å². The number of hydrogen-bond acceptors (Lipinski definition) is 6. The molecule has 40 heavy (non-hydrogen) atoms. The molecule has 1 unspecified atom stereocenters. The number of guanidine groups is 1. The van der Waals surface area contributed by atoms with Crippen molar-refractivity contribution >= 4 is 42.4 Å². The second-order valence-corrected chi connectivity index (χ2v) is 15.4. The number of hydrogen-bond donors (Lipinski definition) is 2. The van der Waals surface area contributed by atoms with Gasteiger partial charge in [-0.05, 0) is 58.2 Å². The third-order valence-electron chi connectivity index (χ3n) is 8.57. The Morgan fingerprint density at radius 1 is 1.07 bits per heavy atom. The number of nitrogens with zero attached hydrogens (tertiary/aromatic N) is 5. The van der Waals surface area contributed by atoms with E-state index in [2.05, 4.69) is 54.5 Å². The van der Waals surface area contributed by atoms with E-state index in [0.717, 1.165) is 55.9 Å². The van der Waals surface area contributed by atoms with Crippen LogP contribution in [0.2, 0.25) is 0 Å². The van der Waals surface area contributed by atoms with Crippen LogP contribution in [0, 0.1) is 0 Å². The monoisotopic (exact) mass is 591 g/mol. The van der Waals surface area contributed by atoms with Crippen LogP contribution in [0.25, 0.3) is 0 Å². The summed E-state index contributed by atoms with van der Waals surface area (Å²) in [5, 5.41) is 6.68. The van der Waals surface area contributed by atoms with E-state index in [-0.39, 0.29) is 11.7 Å². The number of nitrogens with one attached hydrogen (secondary N) is 2. The van der Waals surface area contributed by atoms with Crippen molar-refractivity contribution < 1.29 is 9.30 Å². The van der Waals surface area contributed by atoms with E-state index in [0.29, 0.717) is 12.0 Å². The maximum Gasteiger partial charge on any atom is 0.228 e. The van der Waals surface area contributed by atoms with Crippen molar-refractivity contribution in [3.8, 4) is 5.75 Å². The molecule has 1 aromatic rings. The zero-order chi connectivity index (χ0) is 28.5. The molecule has 0 amide bonds. The molecule has 1 aliphatic carbocycles. The van der Waals surface area contributed by atoms with Crippen LogP contribution < -0.4 is 20.3 Å². The van der Waals surface area contributed by atoms with Crippen LogP contribution >= 0.6 is 18.7 Å². The van der Waals surface area contributed by atoms with Gasteiger partial charge in [0.05, 0.1) is 26.3 Å². The van der Waals surface area contributed by atoms with E-state index in [4.69, 9.17) is 16.3 Å². The van der Waals surface area contributed by atoms with Crippen LogP contribution in [0.4, 0.5) is 11.4 Å². The molecule has 0 spiro atoms. The SMILES string of the molecule is COc1cc(N2CCC(N3CCN(C)CC3)CC2)ccc1NC(=N/C=C/Cl)/N=C/N[C@H]1CCCCC1P(C)(C)=O. The lowest BCUT2D eigenvalue weighted by Gasteiger charge is -2.42. The topological polar surface area (TPSA) is 84.8 Å². The van der Waals surface area contributed by atoms with E-state index < -0.39 is 7.14 Å². The molecule has 1 saturated carbocycles. The first-order valence-corrected chi connectivity index (χ1v) is 17.7. The normalized spacial score (nSPS) is 24.6. The molecule has 3 fully saturated rings. The van der Waals surface area contributed by atoms with Gasteiger partial charge in [0.1, 0.15) is 5.75 Å². The Kier molecular flexibility index (Phi) is 11.4. The fourth-order valence-corrected chi connectivity index (χ4v) is 8.18. The second-order valence-electron chi connectivity index (χ2n) is 11.6. The second kappa shape index (κ2) is 14.7. The van der Waals surface area contributed by atoms with E-state index in [9.17, 15) is 4.57 Å². The summed E-state index contributed by atoms with van der Waals surface area (Å²) < 4.78 is 18.6. The number of halogens is 1. The van der Waals surface area contributed by atoms with Gasteiger partial charge in [-0.1, -0.05) is 24.4 Å². The van der Waals surface area contributed by atoms with Crippen LogP contribution in [-0.4, -0.2) is 107 Å². The molecule has 2 saturated heterocycles. The number of piperazine rings is 1. The molecule has 3 aliphatic rings. The minimum Gasteiger partial charge on any atom is -0.494 e. The maximum absolute atomic E-state index is 12.8. The molecule has 9 nitrogen and oxygen atoms in total. The summed E-state index contributed by atoms with van der Waals surface area (Å²) >= 11 is 5.76. The summed E-state index contributed by atoms with van der Waals surface area (Å²) in [4.78, 5) is 16.4. The lowest BCUT2D eigenvalue weighted by atomic mass is 9.95. The number of likely N-dealkylation sites (N-methyl/N-ethyl adjacent to an activating group) is 1.